The summed E-state index contributed by atoms with van der Waals surface area (Å²) in [5.41, 5.74) is 2.34. The number of hydrogen-bond donors (Lipinski definition) is 1. The Labute approximate surface area is 250 Å². The molecule has 1 aliphatic rings. The number of rotatable bonds is 10. The summed E-state index contributed by atoms with van der Waals surface area (Å²) in [6, 6.07) is 31.7. The molecular formula is C32H30ClN3O5S. The van der Waals surface area contributed by atoms with Crippen LogP contribution in [0.4, 0.5) is 5.69 Å². The fraction of sp³-hybridized carbons (Fsp3) is 0.188. The normalized spacial score (nSPS) is 14.6. The molecule has 4 aromatic carbocycles. The van der Waals surface area contributed by atoms with Gasteiger partial charge >= 0.3 is 0 Å². The first kappa shape index (κ1) is 29.3. The molecule has 0 aromatic heterocycles. The van der Waals surface area contributed by atoms with Gasteiger partial charge in [-0.3, -0.25) is 9.59 Å². The van der Waals surface area contributed by atoms with Crippen molar-refractivity contribution in [2.45, 2.75) is 24.0 Å². The molecular weight excluding hydrogens is 574 g/mol. The van der Waals surface area contributed by atoms with Crippen LogP contribution in [0.2, 0.25) is 5.02 Å². The zero-order valence-corrected chi connectivity index (χ0v) is 24.3. The van der Waals surface area contributed by atoms with Crippen LogP contribution in [0.3, 0.4) is 0 Å². The lowest BCUT2D eigenvalue weighted by molar-refractivity contribution is -0.128. The van der Waals surface area contributed by atoms with E-state index in [1.54, 1.807) is 24.3 Å². The standard InChI is InChI=1S/C32H30ClN3O5S/c33-26-15-17-27(18-16-26)42(39,40)35(20-19-24-9-3-1-4-10-24)23-31(37)36-22-30(41-29-14-8-7-13-28(29)36)32(38)34-21-25-11-5-2-6-12-25/h1-18,30H,19-23H2,(H,34,38)/t30-/m0/s1. The zero-order chi connectivity index (χ0) is 29.5. The minimum absolute atomic E-state index is 0.0355. The average Bonchev–Trinajstić information content (AvgIpc) is 3.02. The number of para-hydroxylation sites is 2. The lowest BCUT2D eigenvalue weighted by Crippen LogP contribution is -2.53. The molecule has 0 radical (unpaired) electrons. The summed E-state index contributed by atoms with van der Waals surface area (Å²) in [5.74, 6) is -0.480. The molecule has 4 aromatic rings. The Balaban J connectivity index is 1.38. The van der Waals surface area contributed by atoms with Crippen LogP contribution in [-0.4, -0.2) is 50.3 Å². The molecule has 0 spiro atoms. The Kier molecular flexibility index (Phi) is 9.22. The third-order valence-corrected chi connectivity index (χ3v) is 9.04. The van der Waals surface area contributed by atoms with E-state index in [1.165, 1.54) is 33.5 Å². The van der Waals surface area contributed by atoms with Crippen molar-refractivity contribution >= 4 is 39.1 Å². The Morgan fingerprint density at radius 3 is 2.17 bits per heavy atom. The number of nitrogens with one attached hydrogen (secondary N) is 1. The third-order valence-electron chi connectivity index (χ3n) is 6.93. The first-order valence-electron chi connectivity index (χ1n) is 13.5. The number of anilines is 1. The molecule has 0 fully saturated rings. The van der Waals surface area contributed by atoms with E-state index in [9.17, 15) is 18.0 Å². The molecule has 1 aliphatic heterocycles. The van der Waals surface area contributed by atoms with Crippen molar-refractivity contribution in [3.8, 4) is 5.75 Å². The highest BCUT2D eigenvalue weighted by molar-refractivity contribution is 7.89. The fourth-order valence-electron chi connectivity index (χ4n) is 4.68. The fourth-order valence-corrected chi connectivity index (χ4v) is 6.20. The quantitative estimate of drug-likeness (QED) is 0.284. The van der Waals surface area contributed by atoms with E-state index in [4.69, 9.17) is 16.3 Å². The number of carbonyl (C=O) groups excluding carboxylic acids is 2. The van der Waals surface area contributed by atoms with Crippen molar-refractivity contribution in [1.29, 1.82) is 0 Å². The number of ether oxygens (including phenoxy) is 1. The molecule has 10 heteroatoms. The first-order chi connectivity index (χ1) is 20.3. The van der Waals surface area contributed by atoms with E-state index < -0.39 is 28.6 Å². The van der Waals surface area contributed by atoms with Crippen molar-refractivity contribution in [2.75, 3.05) is 24.5 Å². The molecule has 1 atom stereocenters. The molecule has 1 heterocycles. The summed E-state index contributed by atoms with van der Waals surface area (Å²) >= 11 is 6.00. The molecule has 5 rings (SSSR count). The average molecular weight is 604 g/mol. The minimum Gasteiger partial charge on any atom is -0.477 e. The first-order valence-corrected chi connectivity index (χ1v) is 15.3. The molecule has 0 saturated carbocycles. The topological polar surface area (TPSA) is 96.0 Å². The Morgan fingerprint density at radius 2 is 1.48 bits per heavy atom. The predicted octanol–water partition coefficient (Wildman–Crippen LogP) is 4.68. The van der Waals surface area contributed by atoms with Crippen LogP contribution < -0.4 is 15.0 Å². The van der Waals surface area contributed by atoms with E-state index in [-0.39, 0.29) is 23.9 Å². The van der Waals surface area contributed by atoms with Crippen molar-refractivity contribution in [3.05, 3.63) is 125 Å². The van der Waals surface area contributed by atoms with Crippen LogP contribution in [0.25, 0.3) is 0 Å². The van der Waals surface area contributed by atoms with Crippen LogP contribution in [0.15, 0.2) is 114 Å². The summed E-state index contributed by atoms with van der Waals surface area (Å²) in [4.78, 5) is 28.4. The number of carbonyl (C=O) groups is 2. The summed E-state index contributed by atoms with van der Waals surface area (Å²) in [5, 5.41) is 3.27. The number of sulfonamides is 1. The van der Waals surface area contributed by atoms with Crippen molar-refractivity contribution in [2.24, 2.45) is 0 Å². The van der Waals surface area contributed by atoms with E-state index >= 15 is 0 Å². The maximum Gasteiger partial charge on any atom is 0.263 e. The number of amides is 2. The maximum atomic E-state index is 13.9. The lowest BCUT2D eigenvalue weighted by atomic mass is 10.1. The molecule has 8 nitrogen and oxygen atoms in total. The van der Waals surface area contributed by atoms with Gasteiger partial charge in [0.1, 0.15) is 5.75 Å². The number of hydrogen-bond acceptors (Lipinski definition) is 5. The van der Waals surface area contributed by atoms with Gasteiger partial charge in [0.15, 0.2) is 6.10 Å². The van der Waals surface area contributed by atoms with Gasteiger partial charge in [-0.05, 0) is 53.9 Å². The van der Waals surface area contributed by atoms with E-state index in [1.807, 2.05) is 60.7 Å². The van der Waals surface area contributed by atoms with Crippen molar-refractivity contribution in [1.82, 2.24) is 9.62 Å². The number of nitrogens with zero attached hydrogens (tertiary/aromatic N) is 2. The van der Waals surface area contributed by atoms with Gasteiger partial charge in [0.25, 0.3) is 5.91 Å². The van der Waals surface area contributed by atoms with Gasteiger partial charge in [0.2, 0.25) is 15.9 Å². The largest absolute Gasteiger partial charge is 0.477 e. The van der Waals surface area contributed by atoms with Gasteiger partial charge in [-0.2, -0.15) is 4.31 Å². The highest BCUT2D eigenvalue weighted by Crippen LogP contribution is 2.33. The molecule has 0 aliphatic carbocycles. The van der Waals surface area contributed by atoms with Crippen LogP contribution in [-0.2, 0) is 32.6 Å². The van der Waals surface area contributed by atoms with Gasteiger partial charge in [-0.15, -0.1) is 0 Å². The summed E-state index contributed by atoms with van der Waals surface area (Å²) < 4.78 is 34.6. The van der Waals surface area contributed by atoms with Crippen LogP contribution >= 0.6 is 11.6 Å². The van der Waals surface area contributed by atoms with Crippen LogP contribution in [0.1, 0.15) is 11.1 Å². The van der Waals surface area contributed by atoms with Gasteiger partial charge < -0.3 is 15.0 Å². The number of benzene rings is 4. The number of halogens is 1. The zero-order valence-electron chi connectivity index (χ0n) is 22.7. The van der Waals surface area contributed by atoms with Gasteiger partial charge in [-0.1, -0.05) is 84.4 Å². The molecule has 1 N–H and O–H groups in total. The van der Waals surface area contributed by atoms with Crippen LogP contribution in [0, 0.1) is 0 Å². The second kappa shape index (κ2) is 13.2. The van der Waals surface area contributed by atoms with Crippen molar-refractivity contribution < 1.29 is 22.7 Å². The van der Waals surface area contributed by atoms with E-state index in [2.05, 4.69) is 5.32 Å². The Morgan fingerprint density at radius 1 is 0.857 bits per heavy atom. The summed E-state index contributed by atoms with van der Waals surface area (Å²) in [7, 11) is -4.05. The monoisotopic (exact) mass is 603 g/mol. The summed E-state index contributed by atoms with van der Waals surface area (Å²) in [6.07, 6.45) is -0.566. The number of fused-ring (bicyclic) bond motifs is 1. The van der Waals surface area contributed by atoms with Gasteiger partial charge in [-0.25, -0.2) is 8.42 Å². The second-order valence-corrected chi connectivity index (χ2v) is 12.2. The Bertz CT molecular complexity index is 1630. The Hall–Kier alpha value is -4.18. The van der Waals surface area contributed by atoms with Crippen molar-refractivity contribution in [3.63, 3.8) is 0 Å². The molecule has 216 valence electrons. The van der Waals surface area contributed by atoms with Gasteiger partial charge in [0, 0.05) is 18.1 Å². The highest BCUT2D eigenvalue weighted by atomic mass is 35.5. The van der Waals surface area contributed by atoms with Crippen LogP contribution in [0.5, 0.6) is 5.75 Å². The summed E-state index contributed by atoms with van der Waals surface area (Å²) in [6.45, 7) is -0.107. The molecule has 0 saturated heterocycles. The van der Waals surface area contributed by atoms with E-state index in [0.717, 1.165) is 11.1 Å². The SMILES string of the molecule is O=C(NCc1ccccc1)[C@@H]1CN(C(=O)CN(CCc2ccccc2)S(=O)(=O)c2ccc(Cl)cc2)c2ccccc2O1. The molecule has 2 amide bonds. The van der Waals surface area contributed by atoms with E-state index in [0.29, 0.717) is 29.4 Å². The minimum atomic E-state index is -4.05. The smallest absolute Gasteiger partial charge is 0.263 e. The van der Waals surface area contributed by atoms with Gasteiger partial charge in [0.05, 0.1) is 23.7 Å². The third kappa shape index (κ3) is 6.99. The highest BCUT2D eigenvalue weighted by Gasteiger charge is 2.36. The molecule has 42 heavy (non-hydrogen) atoms. The maximum absolute atomic E-state index is 13.9. The molecule has 0 unspecified atom stereocenters. The predicted molar refractivity (Wildman–Crippen MR) is 162 cm³/mol. The second-order valence-electron chi connectivity index (χ2n) is 9.81. The molecule has 0 bridgehead atoms. The lowest BCUT2D eigenvalue weighted by Gasteiger charge is -2.35.